The highest BCUT2D eigenvalue weighted by Gasteiger charge is 2.23. The molecule has 27 heavy (non-hydrogen) atoms. The van der Waals surface area contributed by atoms with E-state index in [2.05, 4.69) is 41.9 Å². The van der Waals surface area contributed by atoms with Crippen molar-refractivity contribution in [1.82, 2.24) is 29.3 Å². The summed E-state index contributed by atoms with van der Waals surface area (Å²) in [4.78, 5) is 25.3. The maximum absolute atomic E-state index is 12.7. The molecular formula is C16H19BrN8O2. The summed E-state index contributed by atoms with van der Waals surface area (Å²) in [6.07, 6.45) is 2.99. The number of aromatic nitrogens is 6. The van der Waals surface area contributed by atoms with Gasteiger partial charge in [-0.05, 0) is 29.8 Å². The highest BCUT2D eigenvalue weighted by Crippen LogP contribution is 2.23. The Bertz CT molecular complexity index is 1050. The second kappa shape index (κ2) is 6.99. The highest BCUT2D eigenvalue weighted by atomic mass is 79.9. The van der Waals surface area contributed by atoms with Gasteiger partial charge in [-0.25, -0.2) is 0 Å². The van der Waals surface area contributed by atoms with Crippen LogP contribution in [0.25, 0.3) is 0 Å². The van der Waals surface area contributed by atoms with Crippen molar-refractivity contribution in [2.75, 3.05) is 10.6 Å². The fraction of sp³-hybridized carbons (Fsp3) is 0.312. The van der Waals surface area contributed by atoms with Gasteiger partial charge in [0, 0.05) is 21.1 Å². The van der Waals surface area contributed by atoms with Crippen molar-refractivity contribution in [2.24, 2.45) is 21.1 Å². The fourth-order valence-electron chi connectivity index (χ4n) is 2.51. The van der Waals surface area contributed by atoms with Gasteiger partial charge in [0.05, 0.1) is 39.6 Å². The number of aryl methyl sites for hydroxylation is 3. The van der Waals surface area contributed by atoms with Gasteiger partial charge < -0.3 is 10.6 Å². The number of hydrogen-bond donors (Lipinski definition) is 2. The molecule has 0 aliphatic carbocycles. The molecule has 3 aromatic rings. The summed E-state index contributed by atoms with van der Waals surface area (Å²) < 4.78 is 5.25. The van der Waals surface area contributed by atoms with E-state index in [-0.39, 0.29) is 17.1 Å². The van der Waals surface area contributed by atoms with Gasteiger partial charge in [-0.3, -0.25) is 23.6 Å². The van der Waals surface area contributed by atoms with Crippen LogP contribution >= 0.6 is 15.9 Å². The summed E-state index contributed by atoms with van der Waals surface area (Å²) in [5, 5.41) is 17.9. The van der Waals surface area contributed by atoms with Crippen LogP contribution in [-0.2, 0) is 21.1 Å². The van der Waals surface area contributed by atoms with E-state index in [4.69, 9.17) is 0 Å². The smallest absolute Gasteiger partial charge is 0.277 e. The normalized spacial score (nSPS) is 10.9. The molecule has 3 rings (SSSR count). The molecule has 0 aliphatic rings. The van der Waals surface area contributed by atoms with Gasteiger partial charge in [-0.15, -0.1) is 0 Å². The number of anilines is 2. The lowest BCUT2D eigenvalue weighted by molar-refractivity contribution is 0.101. The number of amides is 2. The molecule has 2 amide bonds. The molecule has 0 unspecified atom stereocenters. The molecule has 0 saturated carbocycles. The third kappa shape index (κ3) is 3.37. The third-order valence-corrected chi connectivity index (χ3v) is 5.31. The Morgan fingerprint density at radius 2 is 1.48 bits per heavy atom. The van der Waals surface area contributed by atoms with Crippen molar-refractivity contribution in [1.29, 1.82) is 0 Å². The van der Waals surface area contributed by atoms with Crippen molar-refractivity contribution in [3.05, 3.63) is 39.6 Å². The number of nitrogens with one attached hydrogen (secondary N) is 2. The van der Waals surface area contributed by atoms with Crippen LogP contribution in [-0.4, -0.2) is 41.2 Å². The number of hydrogen-bond acceptors (Lipinski definition) is 5. The van der Waals surface area contributed by atoms with Crippen molar-refractivity contribution in [2.45, 2.75) is 13.8 Å². The van der Waals surface area contributed by atoms with Crippen molar-refractivity contribution in [3.8, 4) is 0 Å². The van der Waals surface area contributed by atoms with Gasteiger partial charge in [0.25, 0.3) is 11.8 Å². The van der Waals surface area contributed by atoms with Gasteiger partial charge in [-0.2, -0.15) is 15.3 Å². The molecule has 11 heteroatoms. The van der Waals surface area contributed by atoms with Crippen LogP contribution in [0.1, 0.15) is 32.4 Å². The Hall–Kier alpha value is -2.95. The zero-order chi connectivity index (χ0) is 19.9. The number of carbonyl (C=O) groups is 2. The SMILES string of the molecule is Cc1c(NC(=O)c2c(NC(=O)c3nn(C)c(C)c3Br)cnn2C)cnn1C. The highest BCUT2D eigenvalue weighted by molar-refractivity contribution is 9.10. The van der Waals surface area contributed by atoms with Crippen molar-refractivity contribution < 1.29 is 9.59 Å². The monoisotopic (exact) mass is 434 g/mol. The van der Waals surface area contributed by atoms with E-state index in [9.17, 15) is 9.59 Å². The molecule has 0 fully saturated rings. The fourth-order valence-corrected chi connectivity index (χ4v) is 3.03. The molecule has 142 valence electrons. The van der Waals surface area contributed by atoms with Gasteiger partial charge in [0.1, 0.15) is 5.69 Å². The van der Waals surface area contributed by atoms with Gasteiger partial charge in [0.2, 0.25) is 0 Å². The summed E-state index contributed by atoms with van der Waals surface area (Å²) in [5.41, 5.74) is 2.95. The van der Waals surface area contributed by atoms with E-state index in [0.29, 0.717) is 10.2 Å². The van der Waals surface area contributed by atoms with E-state index >= 15 is 0 Å². The lowest BCUT2D eigenvalue weighted by Gasteiger charge is -2.08. The third-order valence-electron chi connectivity index (χ3n) is 4.36. The Labute approximate surface area is 163 Å². The van der Waals surface area contributed by atoms with Crippen LogP contribution in [0.3, 0.4) is 0 Å². The first-order valence-electron chi connectivity index (χ1n) is 8.03. The van der Waals surface area contributed by atoms with Crippen molar-refractivity contribution in [3.63, 3.8) is 0 Å². The molecule has 3 heterocycles. The first kappa shape index (κ1) is 18.8. The molecule has 0 aromatic carbocycles. The summed E-state index contributed by atoms with van der Waals surface area (Å²) in [7, 11) is 5.16. The average Bonchev–Trinajstić information content (AvgIpc) is 3.22. The first-order chi connectivity index (χ1) is 12.7. The predicted octanol–water partition coefficient (Wildman–Crippen LogP) is 1.77. The van der Waals surface area contributed by atoms with Crippen LogP contribution < -0.4 is 10.6 Å². The molecular weight excluding hydrogens is 416 g/mol. The van der Waals surface area contributed by atoms with Gasteiger partial charge >= 0.3 is 0 Å². The quantitative estimate of drug-likeness (QED) is 0.649. The van der Waals surface area contributed by atoms with E-state index in [0.717, 1.165) is 11.4 Å². The summed E-state index contributed by atoms with van der Waals surface area (Å²) in [5.74, 6) is -0.845. The zero-order valence-corrected chi connectivity index (χ0v) is 17.1. The molecule has 0 radical (unpaired) electrons. The van der Waals surface area contributed by atoms with Crippen LogP contribution in [0.15, 0.2) is 16.9 Å². The average molecular weight is 435 g/mol. The maximum Gasteiger partial charge on any atom is 0.277 e. The predicted molar refractivity (Wildman–Crippen MR) is 103 cm³/mol. The Balaban J connectivity index is 1.86. The van der Waals surface area contributed by atoms with Crippen LogP contribution in [0.4, 0.5) is 11.4 Å². The minimum atomic E-state index is -0.440. The molecule has 2 N–H and O–H groups in total. The summed E-state index contributed by atoms with van der Waals surface area (Å²) in [6, 6.07) is 0. The first-order valence-corrected chi connectivity index (χ1v) is 8.82. The van der Waals surface area contributed by atoms with Crippen molar-refractivity contribution >= 4 is 39.1 Å². The van der Waals surface area contributed by atoms with Gasteiger partial charge in [-0.1, -0.05) is 0 Å². The van der Waals surface area contributed by atoms with E-state index in [1.54, 1.807) is 36.7 Å². The number of halogens is 1. The maximum atomic E-state index is 12.7. The van der Waals surface area contributed by atoms with Crippen LogP contribution in [0.2, 0.25) is 0 Å². The lowest BCUT2D eigenvalue weighted by Crippen LogP contribution is -2.21. The Morgan fingerprint density at radius 1 is 0.889 bits per heavy atom. The van der Waals surface area contributed by atoms with Crippen LogP contribution in [0, 0.1) is 13.8 Å². The molecule has 0 atom stereocenters. The second-order valence-corrected chi connectivity index (χ2v) is 6.87. The summed E-state index contributed by atoms with van der Waals surface area (Å²) in [6.45, 7) is 3.68. The Kier molecular flexibility index (Phi) is 4.87. The standard InChI is InChI=1S/C16H19BrN8O2/c1-8-10(6-18-23(8)3)20-16(27)14-11(7-19-25(14)5)21-15(26)13-12(17)9(2)24(4)22-13/h6-7H,1-5H3,(H,20,27)(H,21,26). The molecule has 0 spiro atoms. The molecule has 0 aliphatic heterocycles. The van der Waals surface area contributed by atoms with Crippen LogP contribution in [0.5, 0.6) is 0 Å². The largest absolute Gasteiger partial charge is 0.318 e. The van der Waals surface area contributed by atoms with Gasteiger partial charge in [0.15, 0.2) is 5.69 Å². The van der Waals surface area contributed by atoms with E-state index in [1.807, 2.05) is 13.8 Å². The molecule has 0 bridgehead atoms. The van der Waals surface area contributed by atoms with E-state index < -0.39 is 11.8 Å². The number of nitrogens with zero attached hydrogens (tertiary/aromatic N) is 6. The van der Waals surface area contributed by atoms with E-state index in [1.165, 1.54) is 10.9 Å². The molecule has 10 nitrogen and oxygen atoms in total. The zero-order valence-electron chi connectivity index (χ0n) is 15.5. The summed E-state index contributed by atoms with van der Waals surface area (Å²) >= 11 is 3.37. The number of rotatable bonds is 4. The number of carbonyl (C=O) groups excluding carboxylic acids is 2. The minimum Gasteiger partial charge on any atom is -0.318 e. The lowest BCUT2D eigenvalue weighted by atomic mass is 10.3. The minimum absolute atomic E-state index is 0.218. The molecule has 0 saturated heterocycles. The topological polar surface area (TPSA) is 112 Å². The Morgan fingerprint density at radius 3 is 2.04 bits per heavy atom. The second-order valence-electron chi connectivity index (χ2n) is 6.08. The molecule has 3 aromatic heterocycles.